The zero-order chi connectivity index (χ0) is 29.2. The number of esters is 1. The van der Waals surface area contributed by atoms with Crippen LogP contribution in [0.1, 0.15) is 78.5 Å². The number of sulfonamides is 1. The van der Waals surface area contributed by atoms with Crippen LogP contribution < -0.4 is 4.72 Å². The van der Waals surface area contributed by atoms with E-state index in [9.17, 15) is 17.6 Å². The van der Waals surface area contributed by atoms with E-state index in [2.05, 4.69) is 14.7 Å². The maximum Gasteiger partial charge on any atom is 0.308 e. The van der Waals surface area contributed by atoms with Crippen LogP contribution in [0.4, 0.5) is 10.3 Å². The molecule has 11 heteroatoms. The first-order valence-corrected chi connectivity index (χ1v) is 14.7. The van der Waals surface area contributed by atoms with E-state index in [0.29, 0.717) is 28.9 Å². The van der Waals surface area contributed by atoms with E-state index in [1.54, 1.807) is 26.0 Å². The van der Waals surface area contributed by atoms with E-state index in [4.69, 9.17) is 14.2 Å². The second-order valence-electron chi connectivity index (χ2n) is 11.4. The molecule has 214 valence electrons. The standard InChI is InChI=1S/C28H38FN3O6S/c1-17(2)24-22(25(18-9-11-19(29)12-10-18)31-26(30-24)32-39(8,34)35)14-13-20-15-21(37-28(6,7)36-20)16-23(33)38-27(3,4)5/h9-14,17,20-21H,15-16H2,1-8H3,(H,30,31,32)/b14-13+/t20-,21-/m1/s1. The molecule has 39 heavy (non-hydrogen) atoms. The minimum atomic E-state index is -3.63. The molecule has 0 amide bonds. The van der Waals surface area contributed by atoms with Crippen LogP contribution in [0.3, 0.4) is 0 Å². The Morgan fingerprint density at radius 1 is 1.21 bits per heavy atom. The third-order valence-electron chi connectivity index (χ3n) is 5.59. The minimum Gasteiger partial charge on any atom is -0.460 e. The van der Waals surface area contributed by atoms with Gasteiger partial charge >= 0.3 is 5.97 Å². The fourth-order valence-corrected chi connectivity index (χ4v) is 4.72. The van der Waals surface area contributed by atoms with E-state index < -0.39 is 39.4 Å². The fraction of sp³-hybridized carbons (Fsp3) is 0.536. The van der Waals surface area contributed by atoms with Gasteiger partial charge in [0.1, 0.15) is 11.4 Å². The number of anilines is 1. The van der Waals surface area contributed by atoms with Crippen molar-refractivity contribution < 1.29 is 31.8 Å². The lowest BCUT2D eigenvalue weighted by molar-refractivity contribution is -0.290. The summed E-state index contributed by atoms with van der Waals surface area (Å²) in [5, 5.41) is 0. The lowest BCUT2D eigenvalue weighted by Gasteiger charge is -2.39. The van der Waals surface area contributed by atoms with Crippen molar-refractivity contribution in [1.29, 1.82) is 0 Å². The van der Waals surface area contributed by atoms with E-state index in [0.717, 1.165) is 6.26 Å². The summed E-state index contributed by atoms with van der Waals surface area (Å²) in [6, 6.07) is 5.78. The maximum absolute atomic E-state index is 13.7. The molecule has 1 N–H and O–H groups in total. The number of rotatable bonds is 8. The molecule has 0 bridgehead atoms. The van der Waals surface area contributed by atoms with Gasteiger partial charge in [0.05, 0.1) is 36.3 Å². The Kier molecular flexibility index (Phi) is 9.19. The molecule has 2 heterocycles. The summed E-state index contributed by atoms with van der Waals surface area (Å²) in [4.78, 5) is 21.4. The number of benzene rings is 1. The van der Waals surface area contributed by atoms with Crippen LogP contribution in [0.5, 0.6) is 0 Å². The summed E-state index contributed by atoms with van der Waals surface area (Å²) in [6.45, 7) is 12.9. The Bertz CT molecular complexity index is 1320. The topological polar surface area (TPSA) is 117 Å². The molecule has 0 aliphatic carbocycles. The molecule has 0 saturated carbocycles. The number of halogens is 1. The third-order valence-corrected chi connectivity index (χ3v) is 6.14. The van der Waals surface area contributed by atoms with Gasteiger partial charge in [0, 0.05) is 17.5 Å². The van der Waals surface area contributed by atoms with Gasteiger partial charge in [-0.25, -0.2) is 22.8 Å². The predicted octanol–water partition coefficient (Wildman–Crippen LogP) is 5.43. The molecule has 1 aliphatic rings. The van der Waals surface area contributed by atoms with E-state index in [-0.39, 0.29) is 24.3 Å². The number of hydrogen-bond acceptors (Lipinski definition) is 8. The average molecular weight is 564 g/mol. The SMILES string of the molecule is CC(C)c1nc(NS(C)(=O)=O)nc(-c2ccc(F)cc2)c1/C=C/[C@@H]1C[C@H](CC(=O)OC(C)(C)C)OC(C)(C)O1. The minimum absolute atomic E-state index is 0.0708. The van der Waals surface area contributed by atoms with Gasteiger partial charge in [0.25, 0.3) is 0 Å². The van der Waals surface area contributed by atoms with Crippen molar-refractivity contribution in [2.45, 2.75) is 90.8 Å². The number of nitrogens with one attached hydrogen (secondary N) is 1. The quantitative estimate of drug-likeness (QED) is 0.423. The summed E-state index contributed by atoms with van der Waals surface area (Å²) in [5.41, 5.74) is 1.68. The molecular formula is C28H38FN3O6S. The summed E-state index contributed by atoms with van der Waals surface area (Å²) in [5.74, 6) is -1.87. The van der Waals surface area contributed by atoms with Crippen molar-refractivity contribution in [3.05, 3.63) is 47.4 Å². The normalized spacial score (nSPS) is 19.8. The molecule has 3 rings (SSSR count). The molecule has 2 atom stereocenters. The molecule has 1 aromatic carbocycles. The maximum atomic E-state index is 13.7. The Hall–Kier alpha value is -2.89. The average Bonchev–Trinajstić information content (AvgIpc) is 2.74. The van der Waals surface area contributed by atoms with Crippen molar-refractivity contribution in [3.63, 3.8) is 0 Å². The number of carbonyl (C=O) groups is 1. The second kappa shape index (κ2) is 11.7. The second-order valence-corrected chi connectivity index (χ2v) is 13.2. The largest absolute Gasteiger partial charge is 0.460 e. The van der Waals surface area contributed by atoms with Gasteiger partial charge in [0.2, 0.25) is 16.0 Å². The van der Waals surface area contributed by atoms with Crippen LogP contribution in [0.15, 0.2) is 30.3 Å². The van der Waals surface area contributed by atoms with Crippen LogP contribution in [0, 0.1) is 5.82 Å². The van der Waals surface area contributed by atoms with Gasteiger partial charge in [-0.05, 0) is 64.8 Å². The summed E-state index contributed by atoms with van der Waals surface area (Å²) >= 11 is 0. The molecule has 0 radical (unpaired) electrons. The Labute approximate surface area is 230 Å². The predicted molar refractivity (Wildman–Crippen MR) is 148 cm³/mol. The zero-order valence-electron chi connectivity index (χ0n) is 23.7. The number of ether oxygens (including phenoxy) is 3. The van der Waals surface area contributed by atoms with Gasteiger partial charge in [-0.15, -0.1) is 0 Å². The number of nitrogens with zero attached hydrogens (tertiary/aromatic N) is 2. The van der Waals surface area contributed by atoms with Crippen molar-refractivity contribution in [3.8, 4) is 11.3 Å². The van der Waals surface area contributed by atoms with Crippen LogP contribution >= 0.6 is 0 Å². The van der Waals surface area contributed by atoms with Gasteiger partial charge in [-0.1, -0.05) is 26.0 Å². The highest BCUT2D eigenvalue weighted by Crippen LogP contribution is 2.33. The molecule has 1 aliphatic heterocycles. The first-order chi connectivity index (χ1) is 17.9. The lowest BCUT2D eigenvalue weighted by Crippen LogP contribution is -2.45. The van der Waals surface area contributed by atoms with Gasteiger partial charge < -0.3 is 14.2 Å². The first kappa shape index (κ1) is 30.6. The fourth-order valence-electron chi connectivity index (χ4n) is 4.29. The molecule has 0 spiro atoms. The molecule has 2 aromatic rings. The highest BCUT2D eigenvalue weighted by molar-refractivity contribution is 7.91. The third kappa shape index (κ3) is 9.36. The van der Waals surface area contributed by atoms with Crippen LogP contribution in [0.2, 0.25) is 0 Å². The number of hydrogen-bond donors (Lipinski definition) is 1. The Balaban J connectivity index is 2.00. The van der Waals surface area contributed by atoms with Crippen molar-refractivity contribution in [1.82, 2.24) is 9.97 Å². The number of aromatic nitrogens is 2. The Morgan fingerprint density at radius 3 is 2.41 bits per heavy atom. The van der Waals surface area contributed by atoms with E-state index >= 15 is 0 Å². The molecular weight excluding hydrogens is 525 g/mol. The molecule has 1 fully saturated rings. The van der Waals surface area contributed by atoms with Crippen LogP contribution in [-0.2, 0) is 29.0 Å². The first-order valence-electron chi connectivity index (χ1n) is 12.8. The summed E-state index contributed by atoms with van der Waals surface area (Å²) in [7, 11) is -3.63. The van der Waals surface area contributed by atoms with Crippen LogP contribution in [0.25, 0.3) is 17.3 Å². The van der Waals surface area contributed by atoms with Gasteiger partial charge in [0.15, 0.2) is 5.79 Å². The monoisotopic (exact) mass is 563 g/mol. The molecule has 1 saturated heterocycles. The number of carbonyl (C=O) groups excluding carboxylic acids is 1. The van der Waals surface area contributed by atoms with Crippen molar-refractivity contribution in [2.75, 3.05) is 11.0 Å². The van der Waals surface area contributed by atoms with E-state index in [1.165, 1.54) is 12.1 Å². The summed E-state index contributed by atoms with van der Waals surface area (Å²) in [6.07, 6.45) is 4.38. The zero-order valence-corrected chi connectivity index (χ0v) is 24.6. The van der Waals surface area contributed by atoms with Crippen molar-refractivity contribution >= 4 is 28.0 Å². The Morgan fingerprint density at radius 2 is 1.85 bits per heavy atom. The van der Waals surface area contributed by atoms with Crippen molar-refractivity contribution in [2.24, 2.45) is 0 Å². The lowest BCUT2D eigenvalue weighted by atomic mass is 9.97. The molecule has 1 aromatic heterocycles. The van der Waals surface area contributed by atoms with Gasteiger partial charge in [-0.2, -0.15) is 0 Å². The van der Waals surface area contributed by atoms with E-state index in [1.807, 2.05) is 46.8 Å². The van der Waals surface area contributed by atoms with Crippen LogP contribution in [-0.4, -0.2) is 54.2 Å². The highest BCUT2D eigenvalue weighted by Gasteiger charge is 2.36. The molecule has 9 nitrogen and oxygen atoms in total. The highest BCUT2D eigenvalue weighted by atomic mass is 32.2. The summed E-state index contributed by atoms with van der Waals surface area (Å²) < 4.78 is 57.5. The molecule has 0 unspecified atom stereocenters. The van der Waals surface area contributed by atoms with Gasteiger partial charge in [-0.3, -0.25) is 9.52 Å². The smallest absolute Gasteiger partial charge is 0.308 e.